The number of hydrogen-bond acceptors (Lipinski definition) is 5. The maximum absolute atomic E-state index is 11.3. The predicted octanol–water partition coefficient (Wildman–Crippen LogP) is 1.87. The van der Waals surface area contributed by atoms with E-state index in [9.17, 15) is 4.79 Å². The highest BCUT2D eigenvalue weighted by atomic mass is 16.5. The summed E-state index contributed by atoms with van der Waals surface area (Å²) >= 11 is 0. The molecule has 1 heterocycles. The van der Waals surface area contributed by atoms with Crippen molar-refractivity contribution in [3.8, 4) is 0 Å². The third kappa shape index (κ3) is 4.97. The number of nitrogens with one attached hydrogen (secondary N) is 1. The highest BCUT2D eigenvalue weighted by molar-refractivity contribution is 5.89. The molecule has 1 rings (SSSR count). The van der Waals surface area contributed by atoms with Crippen molar-refractivity contribution in [3.05, 3.63) is 36.5 Å². The standard InChI is InChI=1S/C13H18N2O3/c1-3-4-8-18-9-7-15-12-10-11(5-6-14-12)13(16)17-2/h3,5-6,10H,1,4,7-9H2,2H3,(H,14,15). The van der Waals surface area contributed by atoms with Gasteiger partial charge in [0.15, 0.2) is 0 Å². The van der Waals surface area contributed by atoms with E-state index in [0.717, 1.165) is 6.42 Å². The summed E-state index contributed by atoms with van der Waals surface area (Å²) in [4.78, 5) is 15.4. The first-order valence-electron chi connectivity index (χ1n) is 5.75. The van der Waals surface area contributed by atoms with Gasteiger partial charge in [-0.3, -0.25) is 0 Å². The van der Waals surface area contributed by atoms with Gasteiger partial charge >= 0.3 is 5.97 Å². The van der Waals surface area contributed by atoms with Crippen molar-refractivity contribution in [2.24, 2.45) is 0 Å². The number of methoxy groups -OCH3 is 1. The molecule has 1 N–H and O–H groups in total. The van der Waals surface area contributed by atoms with Crippen molar-refractivity contribution in [2.75, 3.05) is 32.2 Å². The van der Waals surface area contributed by atoms with Crippen LogP contribution in [0.3, 0.4) is 0 Å². The second-order valence-electron chi connectivity index (χ2n) is 3.54. The molecule has 0 spiro atoms. The molecule has 5 nitrogen and oxygen atoms in total. The summed E-state index contributed by atoms with van der Waals surface area (Å²) < 4.78 is 9.97. The zero-order valence-corrected chi connectivity index (χ0v) is 10.5. The van der Waals surface area contributed by atoms with Crippen LogP contribution in [0.2, 0.25) is 0 Å². The Kier molecular flexibility index (Phi) is 6.50. The molecular formula is C13H18N2O3. The van der Waals surface area contributed by atoms with Crippen LogP contribution in [0.25, 0.3) is 0 Å². The molecule has 1 aromatic heterocycles. The van der Waals surface area contributed by atoms with Gasteiger partial charge in [-0.15, -0.1) is 6.58 Å². The number of aromatic nitrogens is 1. The summed E-state index contributed by atoms with van der Waals surface area (Å²) in [6.07, 6.45) is 4.22. The maximum atomic E-state index is 11.3. The zero-order valence-electron chi connectivity index (χ0n) is 10.5. The lowest BCUT2D eigenvalue weighted by Crippen LogP contribution is -2.11. The SMILES string of the molecule is C=CCCOCCNc1cc(C(=O)OC)ccn1. The van der Waals surface area contributed by atoms with E-state index in [1.54, 1.807) is 18.3 Å². The topological polar surface area (TPSA) is 60.5 Å². The van der Waals surface area contributed by atoms with E-state index in [1.165, 1.54) is 7.11 Å². The summed E-state index contributed by atoms with van der Waals surface area (Å²) in [7, 11) is 1.35. The predicted molar refractivity (Wildman–Crippen MR) is 69.7 cm³/mol. The number of hydrogen-bond donors (Lipinski definition) is 1. The van der Waals surface area contributed by atoms with Gasteiger partial charge in [-0.1, -0.05) is 6.08 Å². The molecule has 98 valence electrons. The second kappa shape index (κ2) is 8.25. The van der Waals surface area contributed by atoms with Gasteiger partial charge in [-0.05, 0) is 18.6 Å². The van der Waals surface area contributed by atoms with E-state index in [4.69, 9.17) is 4.74 Å². The van der Waals surface area contributed by atoms with E-state index in [2.05, 4.69) is 21.6 Å². The molecule has 18 heavy (non-hydrogen) atoms. The minimum absolute atomic E-state index is 0.373. The summed E-state index contributed by atoms with van der Waals surface area (Å²) in [5, 5.41) is 3.07. The van der Waals surface area contributed by atoms with Crippen LogP contribution in [-0.4, -0.2) is 37.8 Å². The molecule has 0 saturated carbocycles. The number of pyridine rings is 1. The first-order chi connectivity index (χ1) is 8.77. The molecule has 5 heteroatoms. The molecule has 0 aromatic carbocycles. The van der Waals surface area contributed by atoms with Gasteiger partial charge in [-0.25, -0.2) is 9.78 Å². The van der Waals surface area contributed by atoms with Crippen LogP contribution in [0.5, 0.6) is 0 Å². The van der Waals surface area contributed by atoms with Crippen molar-refractivity contribution in [2.45, 2.75) is 6.42 Å². The third-order valence-corrected chi connectivity index (χ3v) is 2.20. The monoisotopic (exact) mass is 250 g/mol. The van der Waals surface area contributed by atoms with Crippen LogP contribution in [0.15, 0.2) is 31.0 Å². The Balaban J connectivity index is 2.33. The number of rotatable bonds is 8. The van der Waals surface area contributed by atoms with Gasteiger partial charge in [0.1, 0.15) is 5.82 Å². The van der Waals surface area contributed by atoms with Crippen LogP contribution >= 0.6 is 0 Å². The molecule has 0 unspecified atom stereocenters. The molecule has 1 aromatic rings. The summed E-state index contributed by atoms with van der Waals surface area (Å²) in [6, 6.07) is 3.26. The van der Waals surface area contributed by atoms with Crippen LogP contribution < -0.4 is 5.32 Å². The maximum Gasteiger partial charge on any atom is 0.338 e. The third-order valence-electron chi connectivity index (χ3n) is 2.20. The number of ether oxygens (including phenoxy) is 2. The fraction of sp³-hybridized carbons (Fsp3) is 0.385. The van der Waals surface area contributed by atoms with Crippen LogP contribution in [0.4, 0.5) is 5.82 Å². The Morgan fingerprint density at radius 2 is 2.39 bits per heavy atom. The summed E-state index contributed by atoms with van der Waals surface area (Å²) in [6.45, 7) is 5.49. The molecular weight excluding hydrogens is 232 g/mol. The zero-order chi connectivity index (χ0) is 13.2. The van der Waals surface area contributed by atoms with Crippen LogP contribution in [-0.2, 0) is 9.47 Å². The molecule has 0 amide bonds. The lowest BCUT2D eigenvalue weighted by atomic mass is 10.2. The molecule has 0 aliphatic rings. The Morgan fingerprint density at radius 1 is 1.56 bits per heavy atom. The minimum Gasteiger partial charge on any atom is -0.465 e. The average molecular weight is 250 g/mol. The number of anilines is 1. The molecule has 0 bridgehead atoms. The van der Waals surface area contributed by atoms with E-state index in [0.29, 0.717) is 31.1 Å². The first kappa shape index (κ1) is 14.2. The van der Waals surface area contributed by atoms with Crippen molar-refractivity contribution in [1.29, 1.82) is 0 Å². The molecule has 0 saturated heterocycles. The van der Waals surface area contributed by atoms with Crippen molar-refractivity contribution in [3.63, 3.8) is 0 Å². The quantitative estimate of drug-likeness (QED) is 0.433. The molecule has 0 radical (unpaired) electrons. The van der Waals surface area contributed by atoms with Gasteiger partial charge in [0.25, 0.3) is 0 Å². The van der Waals surface area contributed by atoms with Gasteiger partial charge in [0.05, 0.1) is 25.9 Å². The Bertz CT molecular complexity index is 394. The van der Waals surface area contributed by atoms with Crippen molar-refractivity contribution < 1.29 is 14.3 Å². The molecule has 0 aliphatic carbocycles. The van der Waals surface area contributed by atoms with Crippen molar-refractivity contribution in [1.82, 2.24) is 4.98 Å². The fourth-order valence-corrected chi connectivity index (χ4v) is 1.29. The largest absolute Gasteiger partial charge is 0.465 e. The van der Waals surface area contributed by atoms with E-state index in [-0.39, 0.29) is 5.97 Å². The van der Waals surface area contributed by atoms with Gasteiger partial charge in [-0.2, -0.15) is 0 Å². The van der Waals surface area contributed by atoms with E-state index >= 15 is 0 Å². The second-order valence-corrected chi connectivity index (χ2v) is 3.54. The summed E-state index contributed by atoms with van der Waals surface area (Å²) in [5.41, 5.74) is 0.475. The van der Waals surface area contributed by atoms with Gasteiger partial charge in [0.2, 0.25) is 0 Å². The average Bonchev–Trinajstić information content (AvgIpc) is 2.42. The molecule has 0 atom stereocenters. The smallest absolute Gasteiger partial charge is 0.338 e. The Labute approximate surface area is 107 Å². The fourth-order valence-electron chi connectivity index (χ4n) is 1.29. The minimum atomic E-state index is -0.373. The number of carbonyl (C=O) groups is 1. The Morgan fingerprint density at radius 3 is 3.11 bits per heavy atom. The number of carbonyl (C=O) groups excluding carboxylic acids is 1. The normalized spacial score (nSPS) is 9.83. The van der Waals surface area contributed by atoms with Crippen LogP contribution in [0, 0.1) is 0 Å². The van der Waals surface area contributed by atoms with Crippen LogP contribution in [0.1, 0.15) is 16.8 Å². The van der Waals surface area contributed by atoms with Gasteiger partial charge < -0.3 is 14.8 Å². The number of nitrogens with zero attached hydrogens (tertiary/aromatic N) is 1. The van der Waals surface area contributed by atoms with E-state index < -0.39 is 0 Å². The van der Waals surface area contributed by atoms with Gasteiger partial charge in [0, 0.05) is 12.7 Å². The molecule has 0 aliphatic heterocycles. The lowest BCUT2D eigenvalue weighted by molar-refractivity contribution is 0.0600. The van der Waals surface area contributed by atoms with Crippen molar-refractivity contribution >= 4 is 11.8 Å². The Hall–Kier alpha value is -1.88. The van der Waals surface area contributed by atoms with E-state index in [1.807, 2.05) is 6.08 Å². The number of esters is 1. The highest BCUT2D eigenvalue weighted by Gasteiger charge is 2.05. The lowest BCUT2D eigenvalue weighted by Gasteiger charge is -2.07. The summed E-state index contributed by atoms with van der Waals surface area (Å²) in [5.74, 6) is 0.257. The molecule has 0 fully saturated rings. The first-order valence-corrected chi connectivity index (χ1v) is 5.75. The highest BCUT2D eigenvalue weighted by Crippen LogP contribution is 2.07.